The minimum atomic E-state index is 0.395. The number of oxazole rings is 1. The largest absolute Gasteiger partial charge is 0.440 e. The van der Waals surface area contributed by atoms with Gasteiger partial charge in [-0.1, -0.05) is 24.2 Å². The second-order valence-corrected chi connectivity index (χ2v) is 3.09. The summed E-state index contributed by atoms with van der Waals surface area (Å²) in [6.45, 7) is 0. The Morgan fingerprint density at radius 2 is 2.33 bits per heavy atom. The summed E-state index contributed by atoms with van der Waals surface area (Å²) < 4.78 is 5.30. The molecule has 0 saturated carbocycles. The van der Waals surface area contributed by atoms with Crippen molar-refractivity contribution in [3.05, 3.63) is 29.1 Å². The molecule has 61 valence electrons. The van der Waals surface area contributed by atoms with Crippen molar-refractivity contribution in [3.8, 4) is 0 Å². The molecule has 0 atom stereocenters. The molecule has 12 heavy (non-hydrogen) atoms. The Hall–Kier alpha value is -0.670. The quantitative estimate of drug-likeness (QED) is 0.704. The predicted octanol–water partition coefficient (Wildman–Crippen LogP) is 3.18. The Bertz CT molecular complexity index is 412. The van der Waals surface area contributed by atoms with Gasteiger partial charge in [-0.3, -0.25) is 0 Å². The van der Waals surface area contributed by atoms with Crippen molar-refractivity contribution < 1.29 is 4.42 Å². The van der Waals surface area contributed by atoms with Crippen LogP contribution < -0.4 is 0 Å². The van der Waals surface area contributed by atoms with Crippen molar-refractivity contribution >= 4 is 35.3 Å². The Kier molecular flexibility index (Phi) is 1.98. The Labute approximate surface area is 80.0 Å². The lowest BCUT2D eigenvalue weighted by Gasteiger charge is -1.85. The number of aromatic nitrogens is 1. The van der Waals surface area contributed by atoms with Crippen LogP contribution in [0, 0.1) is 0 Å². The maximum Gasteiger partial charge on any atom is 0.206 e. The van der Waals surface area contributed by atoms with Gasteiger partial charge in [0.1, 0.15) is 5.52 Å². The van der Waals surface area contributed by atoms with Crippen LogP contribution in [-0.2, 0) is 5.75 Å². The lowest BCUT2D eigenvalue weighted by molar-refractivity contribution is 0.556. The van der Waals surface area contributed by atoms with E-state index in [1.807, 2.05) is 0 Å². The van der Waals surface area contributed by atoms with Crippen LogP contribution in [0.15, 0.2) is 22.6 Å². The van der Waals surface area contributed by atoms with E-state index in [-0.39, 0.29) is 0 Å². The van der Waals surface area contributed by atoms with Gasteiger partial charge >= 0.3 is 0 Å². The molecule has 0 aliphatic heterocycles. The van der Waals surface area contributed by atoms with E-state index in [2.05, 4.69) is 4.98 Å². The van der Waals surface area contributed by atoms with Crippen LogP contribution in [0.25, 0.3) is 11.1 Å². The van der Waals surface area contributed by atoms with Crippen LogP contribution >= 0.6 is 24.2 Å². The zero-order chi connectivity index (χ0) is 8.55. The van der Waals surface area contributed by atoms with Gasteiger partial charge in [0.15, 0.2) is 5.58 Å². The Morgan fingerprint density at radius 3 is 3.08 bits per heavy atom. The average molecular weight is 199 g/mol. The first-order chi connectivity index (χ1) is 5.79. The zero-order valence-electron chi connectivity index (χ0n) is 6.08. The fraction of sp³-hybridized carbons (Fsp3) is 0.125. The van der Waals surface area contributed by atoms with Crippen LogP contribution in [0.5, 0.6) is 0 Å². The second kappa shape index (κ2) is 2.99. The predicted molar refractivity (Wildman–Crippen MR) is 50.3 cm³/mol. The minimum absolute atomic E-state index is 0.395. The third-order valence-electron chi connectivity index (χ3n) is 1.52. The molecule has 1 aromatic heterocycles. The molecule has 1 radical (unpaired) electrons. The zero-order valence-corrected chi connectivity index (χ0v) is 7.65. The van der Waals surface area contributed by atoms with Crippen LogP contribution in [0.3, 0.4) is 0 Å². The number of hydrogen-bond donors (Lipinski definition) is 0. The van der Waals surface area contributed by atoms with Crippen LogP contribution in [0.1, 0.15) is 5.89 Å². The highest BCUT2D eigenvalue weighted by molar-refractivity contribution is 7.79. The van der Waals surface area contributed by atoms with E-state index in [4.69, 9.17) is 28.6 Å². The van der Waals surface area contributed by atoms with Gasteiger partial charge in [0.2, 0.25) is 5.89 Å². The van der Waals surface area contributed by atoms with Gasteiger partial charge in [-0.2, -0.15) is 0 Å². The second-order valence-electron chi connectivity index (χ2n) is 2.36. The van der Waals surface area contributed by atoms with Crippen molar-refractivity contribution in [1.82, 2.24) is 4.98 Å². The molecule has 0 spiro atoms. The van der Waals surface area contributed by atoms with E-state index in [1.54, 1.807) is 18.2 Å². The molecule has 2 rings (SSSR count). The van der Waals surface area contributed by atoms with E-state index in [0.29, 0.717) is 16.7 Å². The van der Waals surface area contributed by atoms with E-state index < -0.39 is 0 Å². The van der Waals surface area contributed by atoms with Gasteiger partial charge in [-0.25, -0.2) is 4.98 Å². The van der Waals surface area contributed by atoms with E-state index in [9.17, 15) is 0 Å². The topological polar surface area (TPSA) is 26.0 Å². The lowest BCUT2D eigenvalue weighted by atomic mass is 10.3. The monoisotopic (exact) mass is 198 g/mol. The number of hydrogen-bond acceptors (Lipinski definition) is 2. The summed E-state index contributed by atoms with van der Waals surface area (Å²) in [6, 6.07) is 5.32. The third kappa shape index (κ3) is 1.30. The first-order valence-corrected chi connectivity index (χ1v) is 4.38. The molecule has 0 aliphatic rings. The SMILES string of the molecule is [S]Cc1nc2cc(Cl)ccc2o1. The van der Waals surface area contributed by atoms with E-state index >= 15 is 0 Å². The molecule has 0 N–H and O–H groups in total. The third-order valence-corrected chi connectivity index (χ3v) is 2.00. The molecular weight excluding hydrogens is 194 g/mol. The first kappa shape index (κ1) is 7.95. The number of fused-ring (bicyclic) bond motifs is 1. The number of halogens is 1. The van der Waals surface area contributed by atoms with Gasteiger partial charge in [0.05, 0.1) is 5.75 Å². The van der Waals surface area contributed by atoms with Crippen molar-refractivity contribution in [2.24, 2.45) is 0 Å². The van der Waals surface area contributed by atoms with Gasteiger partial charge in [-0.05, 0) is 18.2 Å². The van der Waals surface area contributed by atoms with E-state index in [1.165, 1.54) is 0 Å². The molecule has 0 saturated heterocycles. The highest BCUT2D eigenvalue weighted by atomic mass is 35.5. The summed E-state index contributed by atoms with van der Waals surface area (Å²) in [5.41, 5.74) is 1.50. The molecule has 0 fully saturated rings. The molecule has 1 heterocycles. The van der Waals surface area contributed by atoms with Gasteiger partial charge < -0.3 is 4.42 Å². The maximum absolute atomic E-state index is 5.76. The van der Waals surface area contributed by atoms with Crippen LogP contribution in [-0.4, -0.2) is 4.98 Å². The summed E-state index contributed by atoms with van der Waals surface area (Å²) in [5.74, 6) is 0.967. The number of rotatable bonds is 1. The minimum Gasteiger partial charge on any atom is -0.440 e. The van der Waals surface area contributed by atoms with Crippen molar-refractivity contribution in [3.63, 3.8) is 0 Å². The summed E-state index contributed by atoms with van der Waals surface area (Å²) >= 11 is 10.6. The lowest BCUT2D eigenvalue weighted by Crippen LogP contribution is -1.72. The molecule has 0 aliphatic carbocycles. The molecule has 2 aromatic rings. The fourth-order valence-electron chi connectivity index (χ4n) is 1.01. The normalized spacial score (nSPS) is 10.8. The first-order valence-electron chi connectivity index (χ1n) is 3.42. The Morgan fingerprint density at radius 1 is 1.50 bits per heavy atom. The summed E-state index contributed by atoms with van der Waals surface area (Å²) in [7, 11) is 0. The van der Waals surface area contributed by atoms with Crippen molar-refractivity contribution in [1.29, 1.82) is 0 Å². The summed E-state index contributed by atoms with van der Waals surface area (Å²) in [6.07, 6.45) is 0. The highest BCUT2D eigenvalue weighted by Crippen LogP contribution is 2.20. The molecule has 2 nitrogen and oxygen atoms in total. The number of nitrogens with zero attached hydrogens (tertiary/aromatic N) is 1. The Balaban J connectivity index is 2.67. The number of benzene rings is 1. The van der Waals surface area contributed by atoms with Gasteiger partial charge in [-0.15, -0.1) is 0 Å². The fourth-order valence-corrected chi connectivity index (χ4v) is 1.30. The molecule has 0 bridgehead atoms. The van der Waals surface area contributed by atoms with Crippen LogP contribution in [0.2, 0.25) is 5.02 Å². The molecule has 4 heteroatoms. The maximum atomic E-state index is 5.76. The smallest absolute Gasteiger partial charge is 0.206 e. The van der Waals surface area contributed by atoms with Crippen molar-refractivity contribution in [2.45, 2.75) is 5.75 Å². The summed E-state index contributed by atoms with van der Waals surface area (Å²) in [5, 5.41) is 0.659. The molecule has 1 aromatic carbocycles. The molecule has 0 unspecified atom stereocenters. The summed E-state index contributed by atoms with van der Waals surface area (Å²) in [4.78, 5) is 4.14. The van der Waals surface area contributed by atoms with E-state index in [0.717, 1.165) is 11.1 Å². The van der Waals surface area contributed by atoms with Gasteiger partial charge in [0, 0.05) is 5.02 Å². The highest BCUT2D eigenvalue weighted by Gasteiger charge is 2.03. The molecule has 0 amide bonds. The average Bonchev–Trinajstić information content (AvgIpc) is 2.46. The standard InChI is InChI=1S/C8H5ClNOS/c9-5-1-2-7-6(3-5)10-8(4-12)11-7/h1-3H,4H2. The van der Waals surface area contributed by atoms with Crippen LogP contribution in [0.4, 0.5) is 0 Å². The van der Waals surface area contributed by atoms with Gasteiger partial charge in [0.25, 0.3) is 0 Å². The molecular formula is C8H5ClNOS. The van der Waals surface area contributed by atoms with Crippen molar-refractivity contribution in [2.75, 3.05) is 0 Å².